The van der Waals surface area contributed by atoms with Crippen LogP contribution in [0.3, 0.4) is 0 Å². The average molecular weight is 298 g/mol. The fraction of sp³-hybridized carbons (Fsp3) is 0.176. The topological polar surface area (TPSA) is 70.9 Å². The molecule has 0 spiro atoms. The van der Waals surface area contributed by atoms with E-state index in [-0.39, 0.29) is 11.7 Å². The van der Waals surface area contributed by atoms with Crippen LogP contribution in [0.5, 0.6) is 11.5 Å². The number of phenolic OH excluding ortho intramolecular Hbond substituents is 1. The van der Waals surface area contributed by atoms with Gasteiger partial charge in [-0.2, -0.15) is 5.10 Å². The van der Waals surface area contributed by atoms with Crippen LogP contribution in [-0.2, 0) is 0 Å². The quantitative estimate of drug-likeness (QED) is 0.636. The number of benzene rings is 2. The summed E-state index contributed by atoms with van der Waals surface area (Å²) in [5, 5.41) is 13.1. The number of rotatable bonds is 6. The molecule has 0 saturated heterocycles. The van der Waals surface area contributed by atoms with E-state index < -0.39 is 0 Å². The molecule has 22 heavy (non-hydrogen) atoms. The average Bonchev–Trinajstić information content (AvgIpc) is 2.55. The smallest absolute Gasteiger partial charge is 0.275 e. The number of nitrogens with one attached hydrogen (secondary N) is 1. The van der Waals surface area contributed by atoms with Crippen molar-refractivity contribution < 1.29 is 14.6 Å². The van der Waals surface area contributed by atoms with Gasteiger partial charge in [0.25, 0.3) is 5.91 Å². The van der Waals surface area contributed by atoms with Gasteiger partial charge in [-0.05, 0) is 48.4 Å². The third-order valence-corrected chi connectivity index (χ3v) is 2.87. The lowest BCUT2D eigenvalue weighted by molar-refractivity contribution is 0.0951. The van der Waals surface area contributed by atoms with E-state index in [9.17, 15) is 9.90 Å². The highest BCUT2D eigenvalue weighted by atomic mass is 16.5. The maximum absolute atomic E-state index is 12.1. The molecule has 0 saturated carbocycles. The molecule has 0 aliphatic rings. The van der Waals surface area contributed by atoms with Gasteiger partial charge in [-0.1, -0.05) is 19.1 Å². The Morgan fingerprint density at radius 3 is 2.68 bits per heavy atom. The number of ether oxygens (including phenoxy) is 1. The van der Waals surface area contributed by atoms with Crippen molar-refractivity contribution >= 4 is 12.1 Å². The minimum atomic E-state index is -0.332. The Hall–Kier alpha value is -2.82. The predicted molar refractivity (Wildman–Crippen MR) is 85.4 cm³/mol. The molecule has 0 atom stereocenters. The van der Waals surface area contributed by atoms with Gasteiger partial charge in [0.15, 0.2) is 0 Å². The molecule has 0 aliphatic carbocycles. The highest BCUT2D eigenvalue weighted by molar-refractivity contribution is 5.97. The number of phenols is 1. The molecule has 0 fully saturated rings. The number of hydrazone groups is 1. The van der Waals surface area contributed by atoms with Crippen molar-refractivity contribution in [3.05, 3.63) is 59.7 Å². The van der Waals surface area contributed by atoms with Crippen LogP contribution in [0.15, 0.2) is 53.6 Å². The predicted octanol–water partition coefficient (Wildman–Crippen LogP) is 2.94. The van der Waals surface area contributed by atoms with Crippen LogP contribution >= 0.6 is 0 Å². The minimum Gasteiger partial charge on any atom is -0.508 e. The molecular formula is C17H18N2O3. The number of carbonyl (C=O) groups excluding carboxylic acids is 1. The van der Waals surface area contributed by atoms with Gasteiger partial charge in [0, 0.05) is 0 Å². The second kappa shape index (κ2) is 7.83. The van der Waals surface area contributed by atoms with Crippen LogP contribution in [0.2, 0.25) is 0 Å². The Labute approximate surface area is 129 Å². The number of amides is 1. The Bertz CT molecular complexity index is 651. The van der Waals surface area contributed by atoms with Crippen molar-refractivity contribution in [2.75, 3.05) is 6.61 Å². The van der Waals surface area contributed by atoms with Gasteiger partial charge in [0.2, 0.25) is 0 Å². The van der Waals surface area contributed by atoms with Crippen LogP contribution < -0.4 is 10.2 Å². The van der Waals surface area contributed by atoms with Crippen LogP contribution in [-0.4, -0.2) is 23.8 Å². The lowest BCUT2D eigenvalue weighted by Gasteiger charge is -2.09. The number of aromatic hydroxyl groups is 1. The lowest BCUT2D eigenvalue weighted by atomic mass is 10.2. The zero-order valence-corrected chi connectivity index (χ0v) is 12.3. The molecular weight excluding hydrogens is 280 g/mol. The standard InChI is InChI=1S/C17H18N2O3/c1-2-11-22-16-6-4-3-5-15(16)17(21)19-18-12-13-7-9-14(20)10-8-13/h3-10,12,20H,2,11H2,1H3,(H,19,21). The van der Waals surface area contributed by atoms with Gasteiger partial charge in [-0.25, -0.2) is 5.43 Å². The van der Waals surface area contributed by atoms with E-state index in [1.54, 1.807) is 42.5 Å². The molecule has 0 aromatic heterocycles. The lowest BCUT2D eigenvalue weighted by Crippen LogP contribution is -2.18. The van der Waals surface area contributed by atoms with E-state index in [1.807, 2.05) is 13.0 Å². The van der Waals surface area contributed by atoms with Gasteiger partial charge < -0.3 is 9.84 Å². The Morgan fingerprint density at radius 2 is 1.95 bits per heavy atom. The summed E-state index contributed by atoms with van der Waals surface area (Å²) in [6.07, 6.45) is 2.38. The van der Waals surface area contributed by atoms with Gasteiger partial charge in [0.1, 0.15) is 11.5 Å². The zero-order valence-electron chi connectivity index (χ0n) is 12.3. The second-order valence-corrected chi connectivity index (χ2v) is 4.64. The number of hydrogen-bond acceptors (Lipinski definition) is 4. The van der Waals surface area contributed by atoms with Crippen molar-refractivity contribution in [1.29, 1.82) is 0 Å². The third-order valence-electron chi connectivity index (χ3n) is 2.87. The van der Waals surface area contributed by atoms with Crippen molar-refractivity contribution in [1.82, 2.24) is 5.43 Å². The molecule has 5 heteroatoms. The van der Waals surface area contributed by atoms with Crippen LogP contribution in [0.25, 0.3) is 0 Å². The van der Waals surface area contributed by atoms with Gasteiger partial charge >= 0.3 is 0 Å². The molecule has 0 unspecified atom stereocenters. The van der Waals surface area contributed by atoms with E-state index in [1.165, 1.54) is 6.21 Å². The van der Waals surface area contributed by atoms with Crippen molar-refractivity contribution in [3.8, 4) is 11.5 Å². The van der Waals surface area contributed by atoms with Crippen molar-refractivity contribution in [2.45, 2.75) is 13.3 Å². The van der Waals surface area contributed by atoms with E-state index in [0.29, 0.717) is 17.9 Å². The molecule has 5 nitrogen and oxygen atoms in total. The maximum Gasteiger partial charge on any atom is 0.275 e. The molecule has 114 valence electrons. The van der Waals surface area contributed by atoms with Crippen LogP contribution in [0.4, 0.5) is 0 Å². The normalized spacial score (nSPS) is 10.6. The maximum atomic E-state index is 12.1. The first-order chi connectivity index (χ1) is 10.7. The first kappa shape index (κ1) is 15.6. The molecule has 2 aromatic rings. The van der Waals surface area contributed by atoms with E-state index in [0.717, 1.165) is 12.0 Å². The first-order valence-electron chi connectivity index (χ1n) is 7.05. The number of para-hydroxylation sites is 1. The SMILES string of the molecule is CCCOc1ccccc1C(=O)NN=Cc1ccc(O)cc1. The largest absolute Gasteiger partial charge is 0.508 e. The molecule has 2 aromatic carbocycles. The minimum absolute atomic E-state index is 0.184. The van der Waals surface area contributed by atoms with Crippen LogP contribution in [0, 0.1) is 0 Å². The molecule has 0 aliphatic heterocycles. The number of nitrogens with zero attached hydrogens (tertiary/aromatic N) is 1. The number of hydrogen-bond donors (Lipinski definition) is 2. The summed E-state index contributed by atoms with van der Waals surface area (Å²) in [6, 6.07) is 13.5. The highest BCUT2D eigenvalue weighted by Gasteiger charge is 2.10. The zero-order chi connectivity index (χ0) is 15.8. The van der Waals surface area contributed by atoms with E-state index in [2.05, 4.69) is 10.5 Å². The van der Waals surface area contributed by atoms with E-state index >= 15 is 0 Å². The van der Waals surface area contributed by atoms with Gasteiger partial charge in [-0.3, -0.25) is 4.79 Å². The molecule has 2 N–H and O–H groups in total. The monoisotopic (exact) mass is 298 g/mol. The summed E-state index contributed by atoms with van der Waals surface area (Å²) >= 11 is 0. The third kappa shape index (κ3) is 4.34. The van der Waals surface area contributed by atoms with Crippen molar-refractivity contribution in [3.63, 3.8) is 0 Å². The first-order valence-corrected chi connectivity index (χ1v) is 7.05. The molecule has 1 amide bonds. The van der Waals surface area contributed by atoms with Gasteiger partial charge in [-0.15, -0.1) is 0 Å². The molecule has 0 heterocycles. The molecule has 0 bridgehead atoms. The summed E-state index contributed by atoms with van der Waals surface area (Å²) in [5.41, 5.74) is 3.68. The summed E-state index contributed by atoms with van der Waals surface area (Å²) in [5.74, 6) is 0.395. The Balaban J connectivity index is 2.01. The summed E-state index contributed by atoms with van der Waals surface area (Å²) in [7, 11) is 0. The Kier molecular flexibility index (Phi) is 5.54. The van der Waals surface area contributed by atoms with Gasteiger partial charge in [0.05, 0.1) is 18.4 Å². The van der Waals surface area contributed by atoms with E-state index in [4.69, 9.17) is 4.74 Å². The summed E-state index contributed by atoms with van der Waals surface area (Å²) in [6.45, 7) is 2.56. The summed E-state index contributed by atoms with van der Waals surface area (Å²) < 4.78 is 5.54. The van der Waals surface area contributed by atoms with Crippen molar-refractivity contribution in [2.24, 2.45) is 5.10 Å². The highest BCUT2D eigenvalue weighted by Crippen LogP contribution is 2.18. The Morgan fingerprint density at radius 1 is 1.23 bits per heavy atom. The number of carbonyl (C=O) groups is 1. The summed E-state index contributed by atoms with van der Waals surface area (Å²) in [4.78, 5) is 12.1. The molecule has 2 rings (SSSR count). The molecule has 0 radical (unpaired) electrons. The fourth-order valence-electron chi connectivity index (χ4n) is 1.78. The second-order valence-electron chi connectivity index (χ2n) is 4.64. The van der Waals surface area contributed by atoms with Crippen LogP contribution in [0.1, 0.15) is 29.3 Å². The fourth-order valence-corrected chi connectivity index (χ4v) is 1.78.